The Kier molecular flexibility index (Phi) is 3.72. The molecule has 0 saturated heterocycles. The molecule has 1 aromatic carbocycles. The highest BCUT2D eigenvalue weighted by molar-refractivity contribution is 5.28. The quantitative estimate of drug-likeness (QED) is 0.788. The molecular weight excluding hydrogens is 311 g/mol. The Morgan fingerprint density at radius 2 is 2.17 bits per heavy atom. The zero-order chi connectivity index (χ0) is 16.5. The number of benzene rings is 1. The monoisotopic (exact) mass is 328 g/mol. The fourth-order valence-corrected chi connectivity index (χ4v) is 3.00. The lowest BCUT2D eigenvalue weighted by molar-refractivity contribution is 0.385. The molecule has 0 saturated carbocycles. The van der Waals surface area contributed by atoms with Crippen molar-refractivity contribution in [2.24, 2.45) is 7.05 Å². The van der Waals surface area contributed by atoms with Crippen molar-refractivity contribution < 1.29 is 8.91 Å². The van der Waals surface area contributed by atoms with Crippen LogP contribution in [-0.2, 0) is 26.3 Å². The van der Waals surface area contributed by atoms with Crippen LogP contribution in [0, 0.1) is 5.82 Å². The second-order valence-corrected chi connectivity index (χ2v) is 6.01. The molecule has 0 radical (unpaired) electrons. The minimum Gasteiger partial charge on any atom is -0.348 e. The number of fused-ring (bicyclic) bond motifs is 1. The first-order valence-corrected chi connectivity index (χ1v) is 7.88. The van der Waals surface area contributed by atoms with Crippen LogP contribution >= 0.6 is 0 Å². The van der Waals surface area contributed by atoms with E-state index in [1.54, 1.807) is 12.1 Å². The van der Waals surface area contributed by atoms with Crippen LogP contribution in [0.5, 0.6) is 0 Å². The fourth-order valence-electron chi connectivity index (χ4n) is 3.00. The number of hydrogen-bond donors (Lipinski definition) is 1. The third-order valence-corrected chi connectivity index (χ3v) is 4.26. The van der Waals surface area contributed by atoms with Crippen molar-refractivity contribution in [2.45, 2.75) is 31.7 Å². The number of hydrogen-bond acceptors (Lipinski definition) is 6. The largest absolute Gasteiger partial charge is 0.348 e. The van der Waals surface area contributed by atoms with E-state index in [0.29, 0.717) is 18.3 Å². The SMILES string of the molecule is Cn1nnc2c1CCC(Nc1noc(Cc3ccc(F)cc3)n1)C2. The van der Waals surface area contributed by atoms with Gasteiger partial charge in [0.1, 0.15) is 5.82 Å². The predicted molar refractivity (Wildman–Crippen MR) is 83.9 cm³/mol. The number of rotatable bonds is 4. The van der Waals surface area contributed by atoms with Crippen LogP contribution in [0.2, 0.25) is 0 Å². The molecule has 0 fully saturated rings. The standard InChI is InChI=1S/C16H17FN6O/c1-23-14-7-6-12(9-13(14)20-22-23)18-16-19-15(24-21-16)8-10-2-4-11(17)5-3-10/h2-5,12H,6-9H2,1H3,(H,18,21). The molecule has 0 spiro atoms. The lowest BCUT2D eigenvalue weighted by Crippen LogP contribution is -2.28. The topological polar surface area (TPSA) is 81.7 Å². The van der Waals surface area contributed by atoms with Gasteiger partial charge in [-0.2, -0.15) is 4.98 Å². The first-order valence-electron chi connectivity index (χ1n) is 7.88. The maximum Gasteiger partial charge on any atom is 0.263 e. The molecule has 0 aliphatic heterocycles. The van der Waals surface area contributed by atoms with E-state index in [0.717, 1.165) is 30.5 Å². The van der Waals surface area contributed by atoms with Gasteiger partial charge in [0.05, 0.1) is 17.8 Å². The molecule has 1 aliphatic carbocycles. The van der Waals surface area contributed by atoms with Crippen LogP contribution in [0.3, 0.4) is 0 Å². The molecule has 1 unspecified atom stereocenters. The van der Waals surface area contributed by atoms with E-state index in [-0.39, 0.29) is 11.9 Å². The summed E-state index contributed by atoms with van der Waals surface area (Å²) in [4.78, 5) is 4.36. The van der Waals surface area contributed by atoms with Crippen molar-refractivity contribution in [1.29, 1.82) is 0 Å². The van der Waals surface area contributed by atoms with Gasteiger partial charge in [0.2, 0.25) is 5.89 Å². The minimum atomic E-state index is -0.257. The fraction of sp³-hybridized carbons (Fsp3) is 0.375. The smallest absolute Gasteiger partial charge is 0.263 e. The summed E-state index contributed by atoms with van der Waals surface area (Å²) in [7, 11) is 1.92. The highest BCUT2D eigenvalue weighted by Gasteiger charge is 2.24. The summed E-state index contributed by atoms with van der Waals surface area (Å²) in [5.41, 5.74) is 3.14. The second-order valence-electron chi connectivity index (χ2n) is 6.01. The number of aromatic nitrogens is 5. The van der Waals surface area contributed by atoms with Gasteiger partial charge in [-0.05, 0) is 35.7 Å². The molecule has 124 valence electrons. The molecule has 1 N–H and O–H groups in total. The summed E-state index contributed by atoms with van der Waals surface area (Å²) in [5, 5.41) is 15.5. The van der Waals surface area contributed by atoms with Crippen LogP contribution in [0.25, 0.3) is 0 Å². The van der Waals surface area contributed by atoms with Crippen molar-refractivity contribution in [3.05, 3.63) is 52.9 Å². The Morgan fingerprint density at radius 1 is 1.33 bits per heavy atom. The molecule has 2 heterocycles. The molecule has 3 aromatic rings. The van der Waals surface area contributed by atoms with Gasteiger partial charge < -0.3 is 9.84 Å². The minimum absolute atomic E-state index is 0.213. The van der Waals surface area contributed by atoms with Crippen molar-refractivity contribution in [1.82, 2.24) is 25.1 Å². The Hall–Kier alpha value is -2.77. The Morgan fingerprint density at radius 3 is 3.00 bits per heavy atom. The summed E-state index contributed by atoms with van der Waals surface area (Å²) in [6, 6.07) is 6.48. The third-order valence-electron chi connectivity index (χ3n) is 4.26. The van der Waals surface area contributed by atoms with Gasteiger partial charge in [-0.15, -0.1) is 5.10 Å². The molecule has 1 aliphatic rings. The lowest BCUT2D eigenvalue weighted by Gasteiger charge is -2.21. The molecule has 2 aromatic heterocycles. The normalized spacial score (nSPS) is 16.8. The average molecular weight is 328 g/mol. The van der Waals surface area contributed by atoms with Crippen LogP contribution in [0.4, 0.5) is 10.3 Å². The van der Waals surface area contributed by atoms with E-state index >= 15 is 0 Å². The van der Waals surface area contributed by atoms with Crippen molar-refractivity contribution in [3.8, 4) is 0 Å². The summed E-state index contributed by atoms with van der Waals surface area (Å²) in [6.07, 6.45) is 3.17. The van der Waals surface area contributed by atoms with E-state index in [1.165, 1.54) is 17.8 Å². The van der Waals surface area contributed by atoms with Gasteiger partial charge in [-0.3, -0.25) is 4.68 Å². The number of anilines is 1. The molecule has 4 rings (SSSR count). The van der Waals surface area contributed by atoms with E-state index in [1.807, 2.05) is 11.7 Å². The number of nitrogens with zero attached hydrogens (tertiary/aromatic N) is 5. The predicted octanol–water partition coefficient (Wildman–Crippen LogP) is 1.90. The van der Waals surface area contributed by atoms with Gasteiger partial charge >= 0.3 is 0 Å². The maximum absolute atomic E-state index is 12.9. The zero-order valence-corrected chi connectivity index (χ0v) is 13.2. The average Bonchev–Trinajstić information content (AvgIpc) is 3.17. The van der Waals surface area contributed by atoms with Gasteiger partial charge in [-0.1, -0.05) is 17.3 Å². The third kappa shape index (κ3) is 2.99. The van der Waals surface area contributed by atoms with Crippen molar-refractivity contribution in [2.75, 3.05) is 5.32 Å². The molecular formula is C16H17FN6O. The summed E-state index contributed by atoms with van der Waals surface area (Å²) in [5.74, 6) is 0.719. The van der Waals surface area contributed by atoms with E-state index < -0.39 is 0 Å². The summed E-state index contributed by atoms with van der Waals surface area (Å²) >= 11 is 0. The first kappa shape index (κ1) is 14.8. The summed E-state index contributed by atoms with van der Waals surface area (Å²) < 4.78 is 20.0. The maximum atomic E-state index is 12.9. The second kappa shape index (κ2) is 6.03. The zero-order valence-electron chi connectivity index (χ0n) is 13.2. The molecule has 8 heteroatoms. The highest BCUT2D eigenvalue weighted by Crippen LogP contribution is 2.21. The first-order chi connectivity index (χ1) is 11.7. The van der Waals surface area contributed by atoms with Gasteiger partial charge in [0.15, 0.2) is 0 Å². The van der Waals surface area contributed by atoms with E-state index in [9.17, 15) is 4.39 Å². The number of aryl methyl sites for hydroxylation is 1. The Labute approximate surface area is 137 Å². The number of nitrogens with one attached hydrogen (secondary N) is 1. The van der Waals surface area contributed by atoms with Gasteiger partial charge in [-0.25, -0.2) is 4.39 Å². The Balaban J connectivity index is 1.40. The molecule has 0 amide bonds. The lowest BCUT2D eigenvalue weighted by atomic mass is 9.96. The van der Waals surface area contributed by atoms with Gasteiger partial charge in [0, 0.05) is 19.5 Å². The molecule has 1 atom stereocenters. The number of halogens is 1. The Bertz CT molecular complexity index is 841. The van der Waals surface area contributed by atoms with Crippen molar-refractivity contribution >= 4 is 5.95 Å². The van der Waals surface area contributed by atoms with E-state index in [2.05, 4.69) is 25.8 Å². The van der Waals surface area contributed by atoms with E-state index in [4.69, 9.17) is 4.52 Å². The van der Waals surface area contributed by atoms with Crippen LogP contribution in [0.1, 0.15) is 29.3 Å². The van der Waals surface area contributed by atoms with Crippen LogP contribution in [-0.4, -0.2) is 31.2 Å². The highest BCUT2D eigenvalue weighted by atomic mass is 19.1. The molecule has 7 nitrogen and oxygen atoms in total. The molecule has 24 heavy (non-hydrogen) atoms. The summed E-state index contributed by atoms with van der Waals surface area (Å²) in [6.45, 7) is 0. The van der Waals surface area contributed by atoms with Crippen molar-refractivity contribution in [3.63, 3.8) is 0 Å². The molecule has 0 bridgehead atoms. The van der Waals surface area contributed by atoms with Crippen LogP contribution in [0.15, 0.2) is 28.8 Å². The van der Waals surface area contributed by atoms with Crippen LogP contribution < -0.4 is 5.32 Å². The van der Waals surface area contributed by atoms with Gasteiger partial charge in [0.25, 0.3) is 5.95 Å².